The molecule has 23 heavy (non-hydrogen) atoms. The van der Waals surface area contributed by atoms with E-state index >= 15 is 0 Å². The van der Waals surface area contributed by atoms with E-state index in [4.69, 9.17) is 5.73 Å². The summed E-state index contributed by atoms with van der Waals surface area (Å²) in [6.45, 7) is 7.48. The molecule has 2 heterocycles. The van der Waals surface area contributed by atoms with Crippen molar-refractivity contribution in [2.24, 2.45) is 10.8 Å². The maximum atomic E-state index is 11.6. The molecule has 0 aliphatic heterocycles. The van der Waals surface area contributed by atoms with Crippen molar-refractivity contribution in [1.82, 2.24) is 9.99 Å². The van der Waals surface area contributed by atoms with Gasteiger partial charge in [0, 0.05) is 21.8 Å². The Bertz CT molecular complexity index is 817. The van der Waals surface area contributed by atoms with Crippen molar-refractivity contribution in [1.29, 1.82) is 0 Å². The van der Waals surface area contributed by atoms with Gasteiger partial charge in [-0.15, -0.1) is 11.3 Å². The summed E-state index contributed by atoms with van der Waals surface area (Å²) < 4.78 is 1.89. The molecule has 2 aromatic heterocycles. The Morgan fingerprint density at radius 3 is 2.57 bits per heavy atom. The zero-order valence-corrected chi connectivity index (χ0v) is 14.1. The summed E-state index contributed by atoms with van der Waals surface area (Å²) in [4.78, 5) is 23.2. The number of rotatable bonds is 4. The van der Waals surface area contributed by atoms with E-state index in [1.165, 1.54) is 17.6 Å². The largest absolute Gasteiger partial charge is 0.478 e. The summed E-state index contributed by atoms with van der Waals surface area (Å²) in [5.74, 6) is -0.944. The van der Waals surface area contributed by atoms with Crippen molar-refractivity contribution in [3.8, 4) is 5.00 Å². The summed E-state index contributed by atoms with van der Waals surface area (Å²) in [5.41, 5.74) is 10.7. The van der Waals surface area contributed by atoms with E-state index in [-0.39, 0.29) is 0 Å². The van der Waals surface area contributed by atoms with Crippen LogP contribution in [-0.4, -0.2) is 27.9 Å². The molecule has 0 radical (unpaired) electrons. The molecule has 2 amide bonds. The van der Waals surface area contributed by atoms with Crippen LogP contribution in [0, 0.1) is 27.7 Å². The SMILES string of the molecule is Cc1sc(-n2c(C)cc(C=NNC(N)=O)c2C)c(C(=O)O)c1C. The monoisotopic (exact) mass is 334 g/mol. The molecule has 0 atom stereocenters. The van der Waals surface area contributed by atoms with Crippen LogP contribution in [0.1, 0.15) is 37.7 Å². The average Bonchev–Trinajstić information content (AvgIpc) is 2.87. The van der Waals surface area contributed by atoms with Gasteiger partial charge in [-0.3, -0.25) is 0 Å². The number of hydrogen-bond acceptors (Lipinski definition) is 4. The number of urea groups is 1. The summed E-state index contributed by atoms with van der Waals surface area (Å²) in [6, 6.07) is 1.13. The van der Waals surface area contributed by atoms with E-state index < -0.39 is 12.0 Å². The van der Waals surface area contributed by atoms with Crippen LogP contribution in [0.25, 0.3) is 5.00 Å². The van der Waals surface area contributed by atoms with Crippen molar-refractivity contribution in [3.05, 3.63) is 39.0 Å². The summed E-state index contributed by atoms with van der Waals surface area (Å²) >= 11 is 1.44. The molecule has 2 aromatic rings. The zero-order chi connectivity index (χ0) is 17.3. The number of aryl methyl sites for hydroxylation is 2. The first-order valence-electron chi connectivity index (χ1n) is 6.85. The standard InChI is InChI=1S/C15H18N4O3S/c1-7-5-11(6-17-18-15(16)22)9(3)19(7)13-12(14(20)21)8(2)10(4)23-13/h5-6H,1-4H3,(H,20,21)(H3,16,18,22). The lowest BCUT2D eigenvalue weighted by atomic mass is 10.1. The van der Waals surface area contributed by atoms with Crippen molar-refractivity contribution < 1.29 is 14.7 Å². The number of nitrogens with zero attached hydrogens (tertiary/aromatic N) is 2. The number of carboxylic acid groups (broad SMARTS) is 1. The number of hydrazone groups is 1. The van der Waals surface area contributed by atoms with E-state index in [0.717, 1.165) is 27.4 Å². The van der Waals surface area contributed by atoms with Crippen LogP contribution in [0.4, 0.5) is 4.79 Å². The van der Waals surface area contributed by atoms with Gasteiger partial charge in [0.15, 0.2) is 0 Å². The van der Waals surface area contributed by atoms with E-state index in [1.807, 2.05) is 38.3 Å². The molecule has 0 bridgehead atoms. The lowest BCUT2D eigenvalue weighted by molar-refractivity contribution is 0.0696. The predicted molar refractivity (Wildman–Crippen MR) is 89.9 cm³/mol. The minimum atomic E-state index is -0.944. The highest BCUT2D eigenvalue weighted by Crippen LogP contribution is 2.33. The van der Waals surface area contributed by atoms with Crippen LogP contribution in [0.5, 0.6) is 0 Å². The van der Waals surface area contributed by atoms with Gasteiger partial charge in [-0.1, -0.05) is 0 Å². The van der Waals surface area contributed by atoms with Crippen LogP contribution >= 0.6 is 11.3 Å². The highest BCUT2D eigenvalue weighted by Gasteiger charge is 2.22. The van der Waals surface area contributed by atoms with E-state index in [0.29, 0.717) is 10.6 Å². The molecule has 0 aliphatic rings. The third kappa shape index (κ3) is 3.11. The fourth-order valence-electron chi connectivity index (χ4n) is 2.41. The molecule has 0 spiro atoms. The maximum Gasteiger partial charge on any atom is 0.339 e. The van der Waals surface area contributed by atoms with Gasteiger partial charge in [-0.2, -0.15) is 5.10 Å². The molecule has 0 saturated carbocycles. The van der Waals surface area contributed by atoms with Gasteiger partial charge < -0.3 is 15.4 Å². The topological polar surface area (TPSA) is 110 Å². The molecular formula is C15H18N4O3S. The second-order valence-electron chi connectivity index (χ2n) is 5.16. The third-order valence-electron chi connectivity index (χ3n) is 3.63. The molecular weight excluding hydrogens is 316 g/mol. The normalized spacial score (nSPS) is 11.1. The van der Waals surface area contributed by atoms with Gasteiger partial charge in [-0.05, 0) is 39.3 Å². The number of aromatic carboxylic acids is 1. The molecule has 0 fully saturated rings. The van der Waals surface area contributed by atoms with E-state index in [9.17, 15) is 14.7 Å². The van der Waals surface area contributed by atoms with Gasteiger partial charge in [0.05, 0.1) is 11.8 Å². The molecule has 7 nitrogen and oxygen atoms in total. The van der Waals surface area contributed by atoms with Crippen molar-refractivity contribution >= 4 is 29.6 Å². The second-order valence-corrected chi connectivity index (χ2v) is 6.37. The smallest absolute Gasteiger partial charge is 0.339 e. The Labute approximate surface area is 137 Å². The lowest BCUT2D eigenvalue weighted by Gasteiger charge is -2.08. The molecule has 0 unspecified atom stereocenters. The Hall–Kier alpha value is -2.61. The van der Waals surface area contributed by atoms with E-state index in [2.05, 4.69) is 10.5 Å². The van der Waals surface area contributed by atoms with Crippen LogP contribution in [0.15, 0.2) is 11.2 Å². The predicted octanol–water partition coefficient (Wildman–Crippen LogP) is 2.47. The van der Waals surface area contributed by atoms with Crippen molar-refractivity contribution in [3.63, 3.8) is 0 Å². The van der Waals surface area contributed by atoms with Crippen molar-refractivity contribution in [2.75, 3.05) is 0 Å². The highest BCUT2D eigenvalue weighted by molar-refractivity contribution is 7.15. The quantitative estimate of drug-likeness (QED) is 0.590. The highest BCUT2D eigenvalue weighted by atomic mass is 32.1. The molecule has 0 saturated heterocycles. The minimum absolute atomic E-state index is 0.313. The average molecular weight is 334 g/mol. The Balaban J connectivity index is 2.56. The molecule has 0 aromatic carbocycles. The molecule has 2 rings (SSSR count). The van der Waals surface area contributed by atoms with Gasteiger partial charge in [-0.25, -0.2) is 15.0 Å². The maximum absolute atomic E-state index is 11.6. The van der Waals surface area contributed by atoms with Crippen LogP contribution in [0.2, 0.25) is 0 Å². The van der Waals surface area contributed by atoms with Crippen LogP contribution in [-0.2, 0) is 0 Å². The number of aromatic nitrogens is 1. The molecule has 122 valence electrons. The Morgan fingerprint density at radius 1 is 1.35 bits per heavy atom. The van der Waals surface area contributed by atoms with Crippen molar-refractivity contribution in [2.45, 2.75) is 27.7 Å². The minimum Gasteiger partial charge on any atom is -0.478 e. The zero-order valence-electron chi connectivity index (χ0n) is 13.3. The number of carbonyl (C=O) groups excluding carboxylic acids is 1. The molecule has 8 heteroatoms. The first-order chi connectivity index (χ1) is 10.7. The first-order valence-corrected chi connectivity index (χ1v) is 7.66. The number of hydrogen-bond donors (Lipinski definition) is 3. The van der Waals surface area contributed by atoms with Gasteiger partial charge in [0.1, 0.15) is 5.00 Å². The number of nitrogens with one attached hydrogen (secondary N) is 1. The number of carboxylic acids is 1. The summed E-state index contributed by atoms with van der Waals surface area (Å²) in [7, 11) is 0. The Kier molecular flexibility index (Phi) is 4.55. The first kappa shape index (κ1) is 16.8. The molecule has 4 N–H and O–H groups in total. The third-order valence-corrected chi connectivity index (χ3v) is 4.82. The Morgan fingerprint density at radius 2 is 2.00 bits per heavy atom. The fourth-order valence-corrected chi connectivity index (χ4v) is 3.67. The summed E-state index contributed by atoms with van der Waals surface area (Å²) in [5, 5.41) is 13.9. The number of nitrogens with two attached hydrogens (primary N) is 1. The lowest BCUT2D eigenvalue weighted by Crippen LogP contribution is -2.24. The van der Waals surface area contributed by atoms with Gasteiger partial charge >= 0.3 is 12.0 Å². The molecule has 0 aliphatic carbocycles. The summed E-state index contributed by atoms with van der Waals surface area (Å²) in [6.07, 6.45) is 1.48. The second kappa shape index (κ2) is 6.25. The van der Waals surface area contributed by atoms with Crippen LogP contribution in [0.3, 0.4) is 0 Å². The van der Waals surface area contributed by atoms with Gasteiger partial charge in [0.25, 0.3) is 0 Å². The van der Waals surface area contributed by atoms with Gasteiger partial charge in [0.2, 0.25) is 0 Å². The van der Waals surface area contributed by atoms with E-state index in [1.54, 1.807) is 0 Å². The fraction of sp³-hybridized carbons (Fsp3) is 0.267. The number of thiophene rings is 1. The number of primary amides is 1. The number of carbonyl (C=O) groups is 2. The van der Waals surface area contributed by atoms with Crippen LogP contribution < -0.4 is 11.2 Å². The number of amides is 2.